The summed E-state index contributed by atoms with van der Waals surface area (Å²) in [5, 5.41) is 2.89. The molecule has 0 aliphatic rings. The summed E-state index contributed by atoms with van der Waals surface area (Å²) < 4.78 is 44.5. The lowest BCUT2D eigenvalue weighted by Crippen LogP contribution is -2.20. The van der Waals surface area contributed by atoms with Crippen molar-refractivity contribution in [3.8, 4) is 5.88 Å². The fourth-order valence-corrected chi connectivity index (χ4v) is 1.09. The number of methoxy groups -OCH3 is 1. The minimum Gasteiger partial charge on any atom is -0.481 e. The molecule has 1 aromatic rings. The molecule has 1 rings (SSSR count). The highest BCUT2D eigenvalue weighted by Crippen LogP contribution is 2.15. The Bertz CT molecular complexity index is 345. The first-order valence-electron chi connectivity index (χ1n) is 4.89. The van der Waals surface area contributed by atoms with Gasteiger partial charge in [-0.3, -0.25) is 0 Å². The number of nitrogens with zero attached hydrogens (tertiary/aromatic N) is 1. The van der Waals surface area contributed by atoms with Crippen LogP contribution < -0.4 is 10.1 Å². The van der Waals surface area contributed by atoms with Gasteiger partial charge in [0.1, 0.15) is 6.61 Å². The number of alkyl halides is 3. The van der Waals surface area contributed by atoms with Gasteiger partial charge in [-0.25, -0.2) is 4.98 Å². The van der Waals surface area contributed by atoms with Crippen molar-refractivity contribution in [2.45, 2.75) is 6.18 Å². The molecule has 1 N–H and O–H groups in total. The summed E-state index contributed by atoms with van der Waals surface area (Å²) in [5.41, 5.74) is 0.715. The standard InChI is InChI=1S/C10H13F3N2O2/c1-16-9-6-8(2-3-15-9)14-4-5-17-7-10(11,12)13/h2-3,6H,4-5,7H2,1H3,(H,14,15). The number of anilines is 1. The zero-order valence-electron chi connectivity index (χ0n) is 9.25. The minimum absolute atomic E-state index is 0.0237. The first kappa shape index (κ1) is 13.6. The van der Waals surface area contributed by atoms with Gasteiger partial charge in [0.05, 0.1) is 13.7 Å². The molecule has 1 aromatic heterocycles. The molecule has 4 nitrogen and oxygen atoms in total. The van der Waals surface area contributed by atoms with E-state index in [0.717, 1.165) is 0 Å². The SMILES string of the molecule is COc1cc(NCCOCC(F)(F)F)ccn1. The summed E-state index contributed by atoms with van der Waals surface area (Å²) in [6.45, 7) is -0.970. The first-order valence-corrected chi connectivity index (χ1v) is 4.89. The number of rotatable bonds is 6. The van der Waals surface area contributed by atoms with Gasteiger partial charge < -0.3 is 14.8 Å². The van der Waals surface area contributed by atoms with Gasteiger partial charge in [0.2, 0.25) is 5.88 Å². The third-order valence-electron chi connectivity index (χ3n) is 1.79. The Kier molecular flexibility index (Phi) is 5.02. The highest BCUT2D eigenvalue weighted by molar-refractivity contribution is 5.44. The van der Waals surface area contributed by atoms with Crippen molar-refractivity contribution in [1.29, 1.82) is 0 Å². The average molecular weight is 250 g/mol. The Morgan fingerprint density at radius 2 is 2.18 bits per heavy atom. The molecule has 0 aliphatic heterocycles. The molecule has 17 heavy (non-hydrogen) atoms. The molecule has 1 heterocycles. The molecule has 0 saturated carbocycles. The Labute approximate surface area is 96.7 Å². The molecule has 0 bridgehead atoms. The molecule has 7 heteroatoms. The number of pyridine rings is 1. The summed E-state index contributed by atoms with van der Waals surface area (Å²) in [6, 6.07) is 3.33. The van der Waals surface area contributed by atoms with Crippen LogP contribution in [-0.2, 0) is 4.74 Å². The molecule has 0 amide bonds. The molecule has 0 aliphatic carbocycles. The summed E-state index contributed by atoms with van der Waals surface area (Å²) in [6.07, 6.45) is -2.74. The second kappa shape index (κ2) is 6.29. The van der Waals surface area contributed by atoms with E-state index >= 15 is 0 Å². The third kappa shape index (κ3) is 5.96. The fraction of sp³-hybridized carbons (Fsp3) is 0.500. The van der Waals surface area contributed by atoms with E-state index in [1.807, 2.05) is 0 Å². The van der Waals surface area contributed by atoms with Gasteiger partial charge in [-0.1, -0.05) is 0 Å². The number of hydrogen-bond donors (Lipinski definition) is 1. The van der Waals surface area contributed by atoms with Crippen molar-refractivity contribution in [1.82, 2.24) is 4.98 Å². The van der Waals surface area contributed by atoms with Crippen LogP contribution in [0.4, 0.5) is 18.9 Å². The molecule has 0 spiro atoms. The highest BCUT2D eigenvalue weighted by Gasteiger charge is 2.27. The molecule has 96 valence electrons. The van der Waals surface area contributed by atoms with Gasteiger partial charge in [-0.15, -0.1) is 0 Å². The Balaban J connectivity index is 2.22. The van der Waals surface area contributed by atoms with E-state index in [4.69, 9.17) is 4.74 Å². The van der Waals surface area contributed by atoms with Gasteiger partial charge in [-0.2, -0.15) is 13.2 Å². The number of halogens is 3. The first-order chi connectivity index (χ1) is 8.01. The maximum Gasteiger partial charge on any atom is 0.411 e. The summed E-state index contributed by atoms with van der Waals surface area (Å²) >= 11 is 0. The Morgan fingerprint density at radius 1 is 1.41 bits per heavy atom. The molecule has 0 fully saturated rings. The third-order valence-corrected chi connectivity index (χ3v) is 1.79. The zero-order valence-corrected chi connectivity index (χ0v) is 9.25. The normalized spacial score (nSPS) is 11.3. The van der Waals surface area contributed by atoms with Crippen LogP contribution in [0, 0.1) is 0 Å². The van der Waals surface area contributed by atoms with Crippen molar-refractivity contribution in [3.05, 3.63) is 18.3 Å². The van der Waals surface area contributed by atoms with Crippen LogP contribution in [0.1, 0.15) is 0 Å². The minimum atomic E-state index is -4.28. The summed E-state index contributed by atoms with van der Waals surface area (Å²) in [7, 11) is 1.48. The zero-order chi connectivity index (χ0) is 12.7. The molecule has 0 atom stereocenters. The van der Waals surface area contributed by atoms with Crippen molar-refractivity contribution < 1.29 is 22.6 Å². The summed E-state index contributed by atoms with van der Waals surface area (Å²) in [4.78, 5) is 3.89. The number of aromatic nitrogens is 1. The molecule has 0 saturated heterocycles. The van der Waals surface area contributed by atoms with Crippen LogP contribution in [0.3, 0.4) is 0 Å². The molecule has 0 radical (unpaired) electrons. The second-order valence-electron chi connectivity index (χ2n) is 3.18. The van der Waals surface area contributed by atoms with E-state index in [1.165, 1.54) is 13.3 Å². The fourth-order valence-electron chi connectivity index (χ4n) is 1.09. The Hall–Kier alpha value is -1.50. The van der Waals surface area contributed by atoms with E-state index in [-0.39, 0.29) is 13.2 Å². The van der Waals surface area contributed by atoms with Gasteiger partial charge in [0, 0.05) is 24.5 Å². The predicted molar refractivity (Wildman–Crippen MR) is 56.2 cm³/mol. The van der Waals surface area contributed by atoms with Gasteiger partial charge in [0.25, 0.3) is 0 Å². The van der Waals surface area contributed by atoms with Crippen LogP contribution in [0.5, 0.6) is 5.88 Å². The lowest BCUT2D eigenvalue weighted by atomic mass is 10.4. The molecular weight excluding hydrogens is 237 g/mol. The Morgan fingerprint density at radius 3 is 2.82 bits per heavy atom. The van der Waals surface area contributed by atoms with Crippen LogP contribution >= 0.6 is 0 Å². The van der Waals surface area contributed by atoms with Gasteiger partial charge in [0.15, 0.2) is 0 Å². The van der Waals surface area contributed by atoms with E-state index in [9.17, 15) is 13.2 Å². The maximum absolute atomic E-state index is 11.7. The largest absolute Gasteiger partial charge is 0.481 e. The smallest absolute Gasteiger partial charge is 0.411 e. The van der Waals surface area contributed by atoms with Crippen LogP contribution in [-0.4, -0.2) is 38.0 Å². The van der Waals surface area contributed by atoms with Gasteiger partial charge >= 0.3 is 6.18 Å². The number of ether oxygens (including phenoxy) is 2. The van der Waals surface area contributed by atoms with E-state index < -0.39 is 12.8 Å². The molecule has 0 aromatic carbocycles. The van der Waals surface area contributed by atoms with Crippen molar-refractivity contribution >= 4 is 5.69 Å². The topological polar surface area (TPSA) is 43.4 Å². The van der Waals surface area contributed by atoms with Crippen molar-refractivity contribution in [2.75, 3.05) is 32.2 Å². The quantitative estimate of drug-likeness (QED) is 0.785. The lowest BCUT2D eigenvalue weighted by Gasteiger charge is -2.09. The van der Waals surface area contributed by atoms with E-state index in [2.05, 4.69) is 15.0 Å². The summed E-state index contributed by atoms with van der Waals surface area (Å²) in [5.74, 6) is 0.436. The average Bonchev–Trinajstić information content (AvgIpc) is 2.27. The van der Waals surface area contributed by atoms with Crippen LogP contribution in [0.2, 0.25) is 0 Å². The lowest BCUT2D eigenvalue weighted by molar-refractivity contribution is -0.172. The van der Waals surface area contributed by atoms with Crippen LogP contribution in [0.15, 0.2) is 18.3 Å². The molecular formula is C10H13F3N2O2. The number of hydrogen-bond acceptors (Lipinski definition) is 4. The van der Waals surface area contributed by atoms with E-state index in [0.29, 0.717) is 11.6 Å². The molecule has 0 unspecified atom stereocenters. The van der Waals surface area contributed by atoms with Crippen LogP contribution in [0.25, 0.3) is 0 Å². The van der Waals surface area contributed by atoms with Crippen molar-refractivity contribution in [2.24, 2.45) is 0 Å². The predicted octanol–water partition coefficient (Wildman–Crippen LogP) is 2.08. The van der Waals surface area contributed by atoms with Gasteiger partial charge in [-0.05, 0) is 6.07 Å². The maximum atomic E-state index is 11.7. The highest BCUT2D eigenvalue weighted by atomic mass is 19.4. The number of nitrogens with one attached hydrogen (secondary N) is 1. The van der Waals surface area contributed by atoms with E-state index in [1.54, 1.807) is 12.1 Å². The second-order valence-corrected chi connectivity index (χ2v) is 3.18. The van der Waals surface area contributed by atoms with Crippen molar-refractivity contribution in [3.63, 3.8) is 0 Å². The monoisotopic (exact) mass is 250 g/mol.